The maximum absolute atomic E-state index is 4.66. The molecule has 0 spiro atoms. The van der Waals surface area contributed by atoms with Crippen molar-refractivity contribution in [1.82, 2.24) is 24.9 Å². The van der Waals surface area contributed by atoms with Gasteiger partial charge in [0.15, 0.2) is 11.6 Å². The number of nitrogens with zero attached hydrogens (tertiary/aromatic N) is 5. The van der Waals surface area contributed by atoms with Crippen LogP contribution in [0.15, 0.2) is 164 Å². The Morgan fingerprint density at radius 1 is 0.300 bits per heavy atom. The normalized spacial score (nSPS) is 11.6. The van der Waals surface area contributed by atoms with Crippen molar-refractivity contribution in [2.24, 2.45) is 0 Å². The van der Waals surface area contributed by atoms with Crippen LogP contribution in [0.1, 0.15) is 0 Å². The van der Waals surface area contributed by atoms with Crippen molar-refractivity contribution in [3.8, 4) is 78.7 Å². The molecule has 1 aliphatic rings. The zero-order valence-electron chi connectivity index (χ0n) is 26.8. The Bertz CT molecular complexity index is 2630. The third-order valence-electron chi connectivity index (χ3n) is 9.71. The summed E-state index contributed by atoms with van der Waals surface area (Å²) in [6.45, 7) is 0. The standard InChI is InChI=1S/C45H27N5/c1-3-11-29(12-4-1)38-34-15-7-8-16-35(34)39(30-13-5-2-6-14-30)42-37-24-23-32(33-17-9-18-36(40(33)37)41(38)42)28-19-21-31(22-20-28)43-48-27-49-45(50-43)44-46-25-10-26-47-44/h1-27H. The molecule has 0 N–H and O–H groups in total. The molecule has 1 aliphatic carbocycles. The number of rotatable bonds is 5. The molecule has 0 unspecified atom stereocenters. The van der Waals surface area contributed by atoms with E-state index in [1.54, 1.807) is 18.5 Å². The van der Waals surface area contributed by atoms with Crippen LogP contribution in [0.5, 0.6) is 0 Å². The number of aromatic nitrogens is 5. The largest absolute Gasteiger partial charge is 0.234 e. The minimum Gasteiger partial charge on any atom is -0.234 e. The van der Waals surface area contributed by atoms with Gasteiger partial charge >= 0.3 is 0 Å². The van der Waals surface area contributed by atoms with Gasteiger partial charge < -0.3 is 0 Å². The van der Waals surface area contributed by atoms with Crippen molar-refractivity contribution in [2.75, 3.05) is 0 Å². The van der Waals surface area contributed by atoms with Crippen molar-refractivity contribution in [3.05, 3.63) is 164 Å². The summed E-state index contributed by atoms with van der Waals surface area (Å²) in [6.07, 6.45) is 4.88. The fourth-order valence-electron chi connectivity index (χ4n) is 7.62. The summed E-state index contributed by atoms with van der Waals surface area (Å²) in [5.74, 6) is 1.50. The van der Waals surface area contributed by atoms with E-state index in [1.807, 2.05) is 0 Å². The summed E-state index contributed by atoms with van der Waals surface area (Å²) in [4.78, 5) is 22.0. The quantitative estimate of drug-likeness (QED) is 0.188. The van der Waals surface area contributed by atoms with Gasteiger partial charge in [-0.3, -0.25) is 0 Å². The van der Waals surface area contributed by atoms with Crippen molar-refractivity contribution in [3.63, 3.8) is 0 Å². The van der Waals surface area contributed by atoms with Gasteiger partial charge in [0.1, 0.15) is 6.33 Å². The van der Waals surface area contributed by atoms with E-state index in [4.69, 9.17) is 0 Å². The van der Waals surface area contributed by atoms with Crippen molar-refractivity contribution < 1.29 is 0 Å². The maximum Gasteiger partial charge on any atom is 0.201 e. The van der Waals surface area contributed by atoms with Gasteiger partial charge in [-0.25, -0.2) is 24.9 Å². The third-order valence-corrected chi connectivity index (χ3v) is 9.71. The Labute approximate surface area is 288 Å². The minimum absolute atomic E-state index is 0.448. The van der Waals surface area contributed by atoms with E-state index < -0.39 is 0 Å². The van der Waals surface area contributed by atoms with Gasteiger partial charge in [0.2, 0.25) is 5.82 Å². The highest BCUT2D eigenvalue weighted by Gasteiger charge is 2.31. The van der Waals surface area contributed by atoms with E-state index in [1.165, 1.54) is 77.9 Å². The SMILES string of the molecule is c1ccc(-c2c3c(c(-c4ccccc4)c4ccccc24)-c2ccc(-c4ccc(-c5ncnc(-c6ncccn6)n5)cc4)c4cccc-3c24)cc1. The lowest BCUT2D eigenvalue weighted by atomic mass is 9.82. The number of hydrogen-bond donors (Lipinski definition) is 0. The number of hydrogen-bond acceptors (Lipinski definition) is 5. The summed E-state index contributed by atoms with van der Waals surface area (Å²) >= 11 is 0. The zero-order valence-corrected chi connectivity index (χ0v) is 26.8. The maximum atomic E-state index is 4.66. The average Bonchev–Trinajstić information content (AvgIpc) is 3.53. The Balaban J connectivity index is 1.17. The summed E-state index contributed by atoms with van der Waals surface area (Å²) in [6, 6.07) is 52.2. The molecule has 10 rings (SSSR count). The molecule has 2 aromatic heterocycles. The Morgan fingerprint density at radius 3 is 1.50 bits per heavy atom. The van der Waals surface area contributed by atoms with E-state index in [0.717, 1.165) is 11.1 Å². The summed E-state index contributed by atoms with van der Waals surface area (Å²) in [5, 5.41) is 5.04. The van der Waals surface area contributed by atoms with Crippen LogP contribution in [0.2, 0.25) is 0 Å². The van der Waals surface area contributed by atoms with Crippen LogP contribution in [0, 0.1) is 0 Å². The molecule has 0 amide bonds. The molecule has 0 radical (unpaired) electrons. The molecular weight excluding hydrogens is 611 g/mol. The zero-order chi connectivity index (χ0) is 33.0. The molecule has 232 valence electrons. The van der Waals surface area contributed by atoms with Gasteiger partial charge in [0.05, 0.1) is 0 Å². The Morgan fingerprint density at radius 2 is 0.840 bits per heavy atom. The van der Waals surface area contributed by atoms with Gasteiger partial charge in [-0.1, -0.05) is 140 Å². The summed E-state index contributed by atoms with van der Waals surface area (Å²) in [5.41, 5.74) is 13.4. The number of benzene rings is 7. The summed E-state index contributed by atoms with van der Waals surface area (Å²) < 4.78 is 0. The van der Waals surface area contributed by atoms with Crippen molar-refractivity contribution in [2.45, 2.75) is 0 Å². The van der Waals surface area contributed by atoms with E-state index in [2.05, 4.69) is 164 Å². The molecule has 5 heteroatoms. The Kier molecular flexibility index (Phi) is 6.42. The molecule has 0 saturated heterocycles. The average molecular weight is 638 g/mol. The van der Waals surface area contributed by atoms with Crippen LogP contribution in [0.4, 0.5) is 0 Å². The van der Waals surface area contributed by atoms with Gasteiger partial charge in [-0.2, -0.15) is 0 Å². The lowest BCUT2D eigenvalue weighted by Crippen LogP contribution is -1.98. The van der Waals surface area contributed by atoms with Gasteiger partial charge in [0, 0.05) is 18.0 Å². The molecule has 7 aromatic carbocycles. The van der Waals surface area contributed by atoms with E-state index in [9.17, 15) is 0 Å². The fraction of sp³-hybridized carbons (Fsp3) is 0. The van der Waals surface area contributed by atoms with Gasteiger partial charge in [-0.15, -0.1) is 0 Å². The molecule has 0 fully saturated rings. The van der Waals surface area contributed by atoms with E-state index >= 15 is 0 Å². The predicted octanol–water partition coefficient (Wildman–Crippen LogP) is 11.0. The third kappa shape index (κ3) is 4.37. The first-order valence-electron chi connectivity index (χ1n) is 16.7. The molecule has 0 aliphatic heterocycles. The highest BCUT2D eigenvalue weighted by molar-refractivity contribution is 6.28. The van der Waals surface area contributed by atoms with E-state index in [-0.39, 0.29) is 0 Å². The fourth-order valence-corrected chi connectivity index (χ4v) is 7.62. The smallest absolute Gasteiger partial charge is 0.201 e. The summed E-state index contributed by atoms with van der Waals surface area (Å²) in [7, 11) is 0. The minimum atomic E-state index is 0.448. The monoisotopic (exact) mass is 637 g/mol. The molecule has 9 aromatic rings. The Hall–Kier alpha value is -6.85. The highest BCUT2D eigenvalue weighted by Crippen LogP contribution is 2.58. The van der Waals surface area contributed by atoms with E-state index in [0.29, 0.717) is 17.5 Å². The van der Waals surface area contributed by atoms with Gasteiger partial charge in [0.25, 0.3) is 0 Å². The second-order valence-electron chi connectivity index (χ2n) is 12.4. The van der Waals surface area contributed by atoms with Gasteiger partial charge in [-0.05, 0) is 83.2 Å². The highest BCUT2D eigenvalue weighted by atomic mass is 15.0. The van der Waals surface area contributed by atoms with Crippen LogP contribution in [-0.2, 0) is 0 Å². The second-order valence-corrected chi connectivity index (χ2v) is 12.4. The lowest BCUT2D eigenvalue weighted by Gasteiger charge is -2.20. The first kappa shape index (κ1) is 28.2. The lowest BCUT2D eigenvalue weighted by molar-refractivity contribution is 1.02. The molecule has 2 heterocycles. The predicted molar refractivity (Wildman–Crippen MR) is 202 cm³/mol. The second kappa shape index (κ2) is 11.4. The molecule has 5 nitrogen and oxygen atoms in total. The molecular formula is C45H27N5. The van der Waals surface area contributed by atoms with Crippen LogP contribution >= 0.6 is 0 Å². The molecule has 0 atom stereocenters. The molecule has 50 heavy (non-hydrogen) atoms. The van der Waals surface area contributed by atoms with Crippen molar-refractivity contribution >= 4 is 21.5 Å². The topological polar surface area (TPSA) is 64.5 Å². The first-order valence-corrected chi connectivity index (χ1v) is 16.7. The van der Waals surface area contributed by atoms with Crippen LogP contribution in [0.25, 0.3) is 100 Å². The number of fused-ring (bicyclic) bond motifs is 4. The van der Waals surface area contributed by atoms with Crippen LogP contribution in [0.3, 0.4) is 0 Å². The van der Waals surface area contributed by atoms with Crippen molar-refractivity contribution in [1.29, 1.82) is 0 Å². The molecule has 0 bridgehead atoms. The van der Waals surface area contributed by atoms with Crippen LogP contribution < -0.4 is 0 Å². The first-order chi connectivity index (χ1) is 24.8. The molecule has 0 saturated carbocycles. The van der Waals surface area contributed by atoms with Crippen LogP contribution in [-0.4, -0.2) is 24.9 Å².